The Morgan fingerprint density at radius 3 is 1.65 bits per heavy atom. The highest BCUT2D eigenvalue weighted by atomic mass is 16.3. The number of nitrogens with zero attached hydrogens (tertiary/aromatic N) is 4. The molecule has 0 bridgehead atoms. The number of aromatic nitrogens is 1. The molecule has 77 heavy (non-hydrogen) atoms. The zero-order valence-electron chi connectivity index (χ0n) is 42.3. The van der Waals surface area contributed by atoms with Crippen LogP contribution in [0.25, 0.3) is 77.2 Å². The molecule has 11 aromatic carbocycles. The van der Waals surface area contributed by atoms with Crippen LogP contribution in [0.3, 0.4) is 0 Å². The van der Waals surface area contributed by atoms with E-state index in [2.05, 4.69) is 288 Å². The summed E-state index contributed by atoms with van der Waals surface area (Å²) in [6.45, 7) is 6.57. The Morgan fingerprint density at radius 1 is 0.377 bits per heavy atom. The highest BCUT2D eigenvalue weighted by molar-refractivity contribution is 6.12. The molecular weight excluding hydrogens is 941 g/mol. The Balaban J connectivity index is 0.916. The third-order valence-corrected chi connectivity index (χ3v) is 14.9. The molecule has 366 valence electrons. The first kappa shape index (κ1) is 45.3. The van der Waals surface area contributed by atoms with Crippen molar-refractivity contribution >= 4 is 117 Å². The number of hydrogen-bond donors (Lipinski definition) is 0. The summed E-state index contributed by atoms with van der Waals surface area (Å²) < 4.78 is 15.6. The lowest BCUT2D eigenvalue weighted by Crippen LogP contribution is -2.15. The first-order valence-corrected chi connectivity index (χ1v) is 26.0. The normalized spacial score (nSPS) is 11.8. The minimum atomic E-state index is 0.765. The quantitative estimate of drug-likeness (QED) is 0.114. The van der Waals surface area contributed by atoms with Crippen molar-refractivity contribution in [2.75, 3.05) is 14.7 Å². The Bertz CT molecular complexity index is 4510. The summed E-state index contributed by atoms with van der Waals surface area (Å²) in [6, 6.07) is 92.3. The van der Waals surface area contributed by atoms with E-state index in [0.717, 1.165) is 123 Å². The third-order valence-electron chi connectivity index (χ3n) is 14.9. The summed E-state index contributed by atoms with van der Waals surface area (Å²) in [4.78, 5) is 6.90. The highest BCUT2D eigenvalue weighted by Crippen LogP contribution is 2.45. The van der Waals surface area contributed by atoms with Crippen LogP contribution in [0.5, 0.6) is 0 Å². The van der Waals surface area contributed by atoms with Gasteiger partial charge in [-0.1, -0.05) is 134 Å². The predicted octanol–water partition coefficient (Wildman–Crippen LogP) is 20.2. The van der Waals surface area contributed by atoms with Gasteiger partial charge in [0.25, 0.3) is 0 Å². The van der Waals surface area contributed by atoms with Gasteiger partial charge in [-0.3, -0.25) is 0 Å². The molecular formula is C71H50N4O2. The molecule has 0 saturated heterocycles. The molecule has 0 radical (unpaired) electrons. The number of fused-ring (bicyclic) bond motifs is 8. The standard InChI is InChI=1S/C71H50N4O2/c1-3-51(46-70-48(2)64-43-58(37-41-69(64)76-70)73(53-24-10-5-11-25-53)54-26-12-6-13-27-54)72(52-22-8-4-9-23-52)59-34-38-61-65-44-57(36-40-66(65)75(67(61)45-59)55-28-14-7-15-29-55)74(56-33-32-49-20-16-17-21-50(49)42-56)60-35-39-63-62-30-18-19-31-68(62)77-71(63)47-60/h3-47H,1H2,2H3/b51-46+. The van der Waals surface area contributed by atoms with E-state index in [9.17, 15) is 0 Å². The first-order chi connectivity index (χ1) is 38.0. The van der Waals surface area contributed by atoms with Gasteiger partial charge < -0.3 is 28.1 Å². The Hall–Kier alpha value is -10.3. The molecule has 0 N–H and O–H groups in total. The Kier molecular flexibility index (Phi) is 11.1. The molecule has 14 aromatic rings. The van der Waals surface area contributed by atoms with Crippen molar-refractivity contribution in [1.29, 1.82) is 0 Å². The van der Waals surface area contributed by atoms with Gasteiger partial charge in [0.2, 0.25) is 0 Å². The van der Waals surface area contributed by atoms with Gasteiger partial charge >= 0.3 is 0 Å². The topological polar surface area (TPSA) is 40.9 Å². The fourth-order valence-corrected chi connectivity index (χ4v) is 11.2. The molecule has 0 atom stereocenters. The Morgan fingerprint density at radius 2 is 0.909 bits per heavy atom. The van der Waals surface area contributed by atoms with Gasteiger partial charge in [-0.25, -0.2) is 0 Å². The summed E-state index contributed by atoms with van der Waals surface area (Å²) in [5.41, 5.74) is 15.9. The summed E-state index contributed by atoms with van der Waals surface area (Å²) in [7, 11) is 0. The molecule has 6 heteroatoms. The molecule has 0 saturated carbocycles. The van der Waals surface area contributed by atoms with Crippen LogP contribution in [0.4, 0.5) is 45.5 Å². The number of anilines is 8. The number of hydrogen-bond acceptors (Lipinski definition) is 5. The summed E-state index contributed by atoms with van der Waals surface area (Å²) in [5, 5.41) is 7.86. The van der Waals surface area contributed by atoms with Gasteiger partial charge in [0, 0.05) is 102 Å². The lowest BCUT2D eigenvalue weighted by Gasteiger charge is -2.26. The molecule has 0 unspecified atom stereocenters. The number of aryl methyl sites for hydroxylation is 1. The van der Waals surface area contributed by atoms with Crippen LogP contribution in [-0.4, -0.2) is 4.57 Å². The molecule has 3 aromatic heterocycles. The van der Waals surface area contributed by atoms with Crippen LogP contribution in [0, 0.1) is 6.92 Å². The second-order valence-electron chi connectivity index (χ2n) is 19.4. The molecule has 0 amide bonds. The number of rotatable bonds is 12. The molecule has 0 spiro atoms. The van der Waals surface area contributed by atoms with Crippen molar-refractivity contribution in [3.8, 4) is 5.69 Å². The molecule has 0 fully saturated rings. The second kappa shape index (κ2) is 18.9. The van der Waals surface area contributed by atoms with E-state index in [1.54, 1.807) is 0 Å². The van der Waals surface area contributed by atoms with Crippen LogP contribution in [0.15, 0.2) is 288 Å². The summed E-state index contributed by atoms with van der Waals surface area (Å²) in [5.74, 6) is 0.765. The summed E-state index contributed by atoms with van der Waals surface area (Å²) in [6.07, 6.45) is 4.04. The maximum atomic E-state index is 6.75. The predicted molar refractivity (Wildman–Crippen MR) is 323 cm³/mol. The number of furan rings is 2. The van der Waals surface area contributed by atoms with Gasteiger partial charge in [0.1, 0.15) is 22.5 Å². The zero-order valence-corrected chi connectivity index (χ0v) is 42.3. The van der Waals surface area contributed by atoms with Crippen LogP contribution in [0.2, 0.25) is 0 Å². The van der Waals surface area contributed by atoms with E-state index in [1.807, 2.05) is 18.2 Å². The van der Waals surface area contributed by atoms with E-state index in [0.29, 0.717) is 0 Å². The summed E-state index contributed by atoms with van der Waals surface area (Å²) >= 11 is 0. The van der Waals surface area contributed by atoms with Crippen LogP contribution >= 0.6 is 0 Å². The lowest BCUT2D eigenvalue weighted by molar-refractivity contribution is 0.600. The van der Waals surface area contributed by atoms with E-state index in [4.69, 9.17) is 8.83 Å². The average Bonchev–Trinajstić information content (AvgIpc) is 4.14. The van der Waals surface area contributed by atoms with E-state index in [-0.39, 0.29) is 0 Å². The van der Waals surface area contributed by atoms with Crippen molar-refractivity contribution < 1.29 is 8.83 Å². The highest BCUT2D eigenvalue weighted by Gasteiger charge is 2.23. The second-order valence-corrected chi connectivity index (χ2v) is 19.4. The lowest BCUT2D eigenvalue weighted by atomic mass is 10.1. The van der Waals surface area contributed by atoms with Crippen LogP contribution < -0.4 is 14.7 Å². The van der Waals surface area contributed by atoms with Crippen molar-refractivity contribution in [3.63, 3.8) is 0 Å². The van der Waals surface area contributed by atoms with Gasteiger partial charge in [0.15, 0.2) is 0 Å². The van der Waals surface area contributed by atoms with Gasteiger partial charge in [-0.2, -0.15) is 0 Å². The fourth-order valence-electron chi connectivity index (χ4n) is 11.2. The minimum absolute atomic E-state index is 0.765. The number of para-hydroxylation sites is 5. The molecule has 14 rings (SSSR count). The van der Waals surface area contributed by atoms with Crippen molar-refractivity contribution in [2.24, 2.45) is 0 Å². The van der Waals surface area contributed by atoms with Crippen LogP contribution in [0.1, 0.15) is 11.3 Å². The van der Waals surface area contributed by atoms with Crippen molar-refractivity contribution in [1.82, 2.24) is 4.57 Å². The molecule has 3 heterocycles. The monoisotopic (exact) mass is 990 g/mol. The maximum Gasteiger partial charge on any atom is 0.137 e. The average molecular weight is 991 g/mol. The maximum absolute atomic E-state index is 6.75. The minimum Gasteiger partial charge on any atom is -0.456 e. The SMILES string of the molecule is C=C/C(=C\c1oc2ccc(N(c3ccccc3)c3ccccc3)cc2c1C)N(c1ccccc1)c1ccc2c3cc(N(c4ccc5ccccc5c4)c4ccc5c(c4)oc4ccccc45)ccc3n(-c3ccccc3)c2c1. The van der Waals surface area contributed by atoms with Gasteiger partial charge in [-0.05, 0) is 151 Å². The molecule has 0 aliphatic heterocycles. The van der Waals surface area contributed by atoms with Gasteiger partial charge in [0.05, 0.1) is 11.0 Å². The van der Waals surface area contributed by atoms with Crippen molar-refractivity contribution in [3.05, 3.63) is 291 Å². The molecule has 0 aliphatic rings. The van der Waals surface area contributed by atoms with E-state index in [1.165, 1.54) is 10.8 Å². The van der Waals surface area contributed by atoms with E-state index < -0.39 is 0 Å². The largest absolute Gasteiger partial charge is 0.456 e. The third kappa shape index (κ3) is 7.99. The fraction of sp³-hybridized carbons (Fsp3) is 0.0141. The molecule has 0 aliphatic carbocycles. The van der Waals surface area contributed by atoms with Crippen LogP contribution in [-0.2, 0) is 0 Å². The smallest absolute Gasteiger partial charge is 0.137 e. The van der Waals surface area contributed by atoms with E-state index >= 15 is 0 Å². The molecule has 6 nitrogen and oxygen atoms in total. The van der Waals surface area contributed by atoms with Gasteiger partial charge in [-0.15, -0.1) is 0 Å². The number of allylic oxidation sites excluding steroid dienone is 1. The Labute approximate surface area is 446 Å². The van der Waals surface area contributed by atoms with Crippen molar-refractivity contribution in [2.45, 2.75) is 6.92 Å². The number of benzene rings is 11. The zero-order chi connectivity index (χ0) is 51.4. The first-order valence-electron chi connectivity index (χ1n) is 26.0.